The van der Waals surface area contributed by atoms with E-state index in [1.165, 1.54) is 24.3 Å². The van der Waals surface area contributed by atoms with Crippen LogP contribution in [0.3, 0.4) is 0 Å². The normalized spacial score (nSPS) is 10.5. The van der Waals surface area contributed by atoms with Gasteiger partial charge in [0.25, 0.3) is 0 Å². The first kappa shape index (κ1) is 11.4. The van der Waals surface area contributed by atoms with Crippen LogP contribution in [0.1, 0.15) is 23.7 Å². The first-order chi connectivity index (χ1) is 7.24. The Labute approximate surface area is 88.4 Å². The van der Waals surface area contributed by atoms with Crippen LogP contribution in [-0.2, 0) is 4.74 Å². The molecule has 0 N–H and O–H groups in total. The van der Waals surface area contributed by atoms with E-state index in [0.717, 1.165) is 6.42 Å². The molecule has 0 heterocycles. The minimum atomic E-state index is -0.434. The second-order valence-electron chi connectivity index (χ2n) is 2.99. The van der Waals surface area contributed by atoms with Crippen LogP contribution < -0.4 is 0 Å². The third-order valence-electron chi connectivity index (χ3n) is 1.79. The summed E-state index contributed by atoms with van der Waals surface area (Å²) in [6.07, 6.45) is 4.60. The lowest BCUT2D eigenvalue weighted by molar-refractivity contribution is 0.0549. The molecule has 0 amide bonds. The first-order valence-electron chi connectivity index (χ1n) is 4.81. The van der Waals surface area contributed by atoms with E-state index in [1.54, 1.807) is 6.08 Å². The molecule has 2 nitrogen and oxygen atoms in total. The van der Waals surface area contributed by atoms with Gasteiger partial charge in [0.15, 0.2) is 0 Å². The van der Waals surface area contributed by atoms with Crippen molar-refractivity contribution in [2.45, 2.75) is 13.3 Å². The number of hydrogen-bond acceptors (Lipinski definition) is 2. The maximum absolute atomic E-state index is 12.5. The molecular formula is C12H13FO2. The average Bonchev–Trinajstić information content (AvgIpc) is 2.25. The molecule has 1 aromatic rings. The van der Waals surface area contributed by atoms with Crippen molar-refractivity contribution >= 4 is 5.97 Å². The number of benzene rings is 1. The van der Waals surface area contributed by atoms with Gasteiger partial charge in [0.05, 0.1) is 5.56 Å². The van der Waals surface area contributed by atoms with Crippen LogP contribution in [0.5, 0.6) is 0 Å². The molecule has 0 aliphatic carbocycles. The summed E-state index contributed by atoms with van der Waals surface area (Å²) in [5.74, 6) is -0.798. The predicted octanol–water partition coefficient (Wildman–Crippen LogP) is 2.95. The number of carbonyl (C=O) groups excluding carboxylic acids is 1. The molecule has 0 atom stereocenters. The molecule has 3 heteroatoms. The summed E-state index contributed by atoms with van der Waals surface area (Å²) in [6.45, 7) is 2.25. The minimum Gasteiger partial charge on any atom is -0.458 e. The van der Waals surface area contributed by atoms with Gasteiger partial charge in [-0.05, 0) is 30.7 Å². The molecule has 0 aliphatic rings. The molecule has 0 radical (unpaired) electrons. The number of hydrogen-bond donors (Lipinski definition) is 0. The molecule has 1 rings (SSSR count). The Kier molecular flexibility index (Phi) is 4.54. The highest BCUT2D eigenvalue weighted by molar-refractivity contribution is 5.89. The smallest absolute Gasteiger partial charge is 0.338 e. The third-order valence-corrected chi connectivity index (χ3v) is 1.79. The second kappa shape index (κ2) is 5.96. The molecule has 15 heavy (non-hydrogen) atoms. The summed E-state index contributed by atoms with van der Waals surface area (Å²) in [4.78, 5) is 11.3. The molecule has 0 spiro atoms. The van der Waals surface area contributed by atoms with Crippen molar-refractivity contribution in [1.29, 1.82) is 0 Å². The van der Waals surface area contributed by atoms with Crippen molar-refractivity contribution in [3.8, 4) is 0 Å². The molecule has 80 valence electrons. The molecule has 0 aromatic heterocycles. The maximum atomic E-state index is 12.5. The van der Waals surface area contributed by atoms with Crippen LogP contribution in [-0.4, -0.2) is 12.6 Å². The van der Waals surface area contributed by atoms with Crippen molar-refractivity contribution in [1.82, 2.24) is 0 Å². The van der Waals surface area contributed by atoms with Gasteiger partial charge in [0.1, 0.15) is 12.4 Å². The lowest BCUT2D eigenvalue weighted by atomic mass is 10.2. The molecular weight excluding hydrogens is 195 g/mol. The van der Waals surface area contributed by atoms with Gasteiger partial charge in [-0.1, -0.05) is 19.1 Å². The van der Waals surface area contributed by atoms with E-state index in [4.69, 9.17) is 4.74 Å². The van der Waals surface area contributed by atoms with Gasteiger partial charge in [-0.25, -0.2) is 9.18 Å². The highest BCUT2D eigenvalue weighted by Gasteiger charge is 2.05. The zero-order valence-electron chi connectivity index (χ0n) is 8.57. The van der Waals surface area contributed by atoms with Gasteiger partial charge in [-0.3, -0.25) is 0 Å². The minimum absolute atomic E-state index is 0.254. The predicted molar refractivity (Wildman–Crippen MR) is 56.1 cm³/mol. The number of allylic oxidation sites excluding steroid dienone is 1. The Balaban J connectivity index is 2.47. The van der Waals surface area contributed by atoms with Crippen molar-refractivity contribution in [3.63, 3.8) is 0 Å². The molecule has 0 bridgehead atoms. The summed E-state index contributed by atoms with van der Waals surface area (Å²) < 4.78 is 17.5. The number of ether oxygens (including phenoxy) is 1. The van der Waals surface area contributed by atoms with Crippen LogP contribution in [0.4, 0.5) is 4.39 Å². The summed E-state index contributed by atoms with van der Waals surface area (Å²) in [7, 11) is 0. The Bertz CT molecular complexity index is 341. The quantitative estimate of drug-likeness (QED) is 0.561. The molecule has 0 aliphatic heterocycles. The lowest BCUT2D eigenvalue weighted by Crippen LogP contribution is -2.04. The summed E-state index contributed by atoms with van der Waals surface area (Å²) in [6, 6.07) is 5.28. The zero-order chi connectivity index (χ0) is 11.1. The molecule has 0 fully saturated rings. The second-order valence-corrected chi connectivity index (χ2v) is 2.99. The Morgan fingerprint density at radius 3 is 2.60 bits per heavy atom. The van der Waals surface area contributed by atoms with Gasteiger partial charge < -0.3 is 4.74 Å². The summed E-state index contributed by atoms with van der Waals surface area (Å²) >= 11 is 0. The highest BCUT2D eigenvalue weighted by atomic mass is 19.1. The van der Waals surface area contributed by atoms with Crippen LogP contribution >= 0.6 is 0 Å². The first-order valence-corrected chi connectivity index (χ1v) is 4.81. The van der Waals surface area contributed by atoms with Crippen LogP contribution in [0, 0.1) is 5.82 Å². The third kappa shape index (κ3) is 3.94. The summed E-state index contributed by atoms with van der Waals surface area (Å²) in [5.41, 5.74) is 0.362. The fourth-order valence-electron chi connectivity index (χ4n) is 1.03. The standard InChI is InChI=1S/C12H13FO2/c1-2-3-4-9-15-12(14)10-5-7-11(13)8-6-10/h3-8H,2,9H2,1H3/b4-3+. The number of halogens is 1. The molecule has 0 saturated carbocycles. The van der Waals surface area contributed by atoms with Gasteiger partial charge in [-0.15, -0.1) is 0 Å². The number of carbonyl (C=O) groups is 1. The Morgan fingerprint density at radius 1 is 1.33 bits per heavy atom. The fraction of sp³-hybridized carbons (Fsp3) is 0.250. The number of esters is 1. The average molecular weight is 208 g/mol. The van der Waals surface area contributed by atoms with E-state index >= 15 is 0 Å². The fourth-order valence-corrected chi connectivity index (χ4v) is 1.03. The maximum Gasteiger partial charge on any atom is 0.338 e. The molecule has 1 aromatic carbocycles. The van der Waals surface area contributed by atoms with Gasteiger partial charge >= 0.3 is 5.97 Å². The Hall–Kier alpha value is -1.64. The van der Waals surface area contributed by atoms with Crippen molar-refractivity contribution in [2.24, 2.45) is 0 Å². The van der Waals surface area contributed by atoms with E-state index < -0.39 is 5.97 Å². The topological polar surface area (TPSA) is 26.3 Å². The van der Waals surface area contributed by atoms with Crippen molar-refractivity contribution < 1.29 is 13.9 Å². The number of rotatable bonds is 4. The monoisotopic (exact) mass is 208 g/mol. The van der Waals surface area contributed by atoms with Crippen LogP contribution in [0.25, 0.3) is 0 Å². The van der Waals surface area contributed by atoms with Crippen molar-refractivity contribution in [2.75, 3.05) is 6.61 Å². The molecule has 0 saturated heterocycles. The lowest BCUT2D eigenvalue weighted by Gasteiger charge is -2.01. The Morgan fingerprint density at radius 2 is 2.00 bits per heavy atom. The molecule has 0 unspecified atom stereocenters. The van der Waals surface area contributed by atoms with Crippen molar-refractivity contribution in [3.05, 3.63) is 47.8 Å². The van der Waals surface area contributed by atoms with Gasteiger partial charge in [0, 0.05) is 0 Å². The SMILES string of the molecule is CC/C=C/COC(=O)c1ccc(F)cc1. The highest BCUT2D eigenvalue weighted by Crippen LogP contribution is 2.04. The van der Waals surface area contributed by atoms with Gasteiger partial charge in [0.2, 0.25) is 0 Å². The van der Waals surface area contributed by atoms with E-state index in [9.17, 15) is 9.18 Å². The summed E-state index contributed by atoms with van der Waals surface area (Å²) in [5, 5.41) is 0. The van der Waals surface area contributed by atoms with E-state index in [0.29, 0.717) is 5.56 Å². The van der Waals surface area contributed by atoms with E-state index in [-0.39, 0.29) is 12.4 Å². The van der Waals surface area contributed by atoms with Gasteiger partial charge in [-0.2, -0.15) is 0 Å². The van der Waals surface area contributed by atoms with E-state index in [2.05, 4.69) is 0 Å². The van der Waals surface area contributed by atoms with Crippen LogP contribution in [0.2, 0.25) is 0 Å². The zero-order valence-corrected chi connectivity index (χ0v) is 8.57. The van der Waals surface area contributed by atoms with Crippen LogP contribution in [0.15, 0.2) is 36.4 Å². The van der Waals surface area contributed by atoms with E-state index in [1.807, 2.05) is 13.0 Å². The largest absolute Gasteiger partial charge is 0.458 e.